The number of carbonyl (C=O) groups is 1. The van der Waals surface area contributed by atoms with E-state index in [1.165, 1.54) is 6.92 Å². The molecule has 0 saturated carbocycles. The van der Waals surface area contributed by atoms with Crippen LogP contribution >= 0.6 is 0 Å². The lowest BCUT2D eigenvalue weighted by molar-refractivity contribution is -0.145. The molecular weight excluding hydrogens is 246 g/mol. The molecule has 1 heterocycles. The first kappa shape index (κ1) is 12.8. The van der Waals surface area contributed by atoms with E-state index in [-0.39, 0.29) is 11.0 Å². The van der Waals surface area contributed by atoms with Crippen molar-refractivity contribution in [3.63, 3.8) is 0 Å². The largest absolute Gasteiger partial charge is 0.463 e. The van der Waals surface area contributed by atoms with Gasteiger partial charge in [-0.25, -0.2) is 0 Å². The molecule has 2 aromatic rings. The first-order valence-electron chi connectivity index (χ1n) is 5.65. The van der Waals surface area contributed by atoms with Gasteiger partial charge in [0.1, 0.15) is 29.6 Å². The Balaban J connectivity index is 2.56. The van der Waals surface area contributed by atoms with Crippen molar-refractivity contribution in [2.45, 2.75) is 20.0 Å². The van der Waals surface area contributed by atoms with Crippen LogP contribution in [-0.2, 0) is 9.53 Å². The van der Waals surface area contributed by atoms with Crippen molar-refractivity contribution >= 4 is 16.9 Å². The topological polar surface area (TPSA) is 80.3 Å². The maximum atomic E-state index is 12.0. The highest BCUT2D eigenvalue weighted by Crippen LogP contribution is 2.21. The van der Waals surface area contributed by atoms with Crippen molar-refractivity contribution < 1.29 is 13.9 Å². The SMILES string of the molecule is CC(=O)O[C@H](C)c1ccc2occ(C#N)c(=O)c2c1. The average molecular weight is 257 g/mol. The lowest BCUT2D eigenvalue weighted by Crippen LogP contribution is -2.08. The summed E-state index contributed by atoms with van der Waals surface area (Å²) >= 11 is 0. The fraction of sp³-hybridized carbons (Fsp3) is 0.214. The summed E-state index contributed by atoms with van der Waals surface area (Å²) in [6.45, 7) is 3.03. The number of hydrogen-bond donors (Lipinski definition) is 0. The molecule has 0 radical (unpaired) electrons. The number of hydrogen-bond acceptors (Lipinski definition) is 5. The number of nitriles is 1. The Morgan fingerprint density at radius 2 is 2.21 bits per heavy atom. The fourth-order valence-electron chi connectivity index (χ4n) is 1.80. The van der Waals surface area contributed by atoms with Crippen molar-refractivity contribution in [2.75, 3.05) is 0 Å². The summed E-state index contributed by atoms with van der Waals surface area (Å²) in [4.78, 5) is 22.9. The Labute approximate surface area is 109 Å². The Morgan fingerprint density at radius 3 is 2.84 bits per heavy atom. The van der Waals surface area contributed by atoms with Crippen molar-refractivity contribution in [1.82, 2.24) is 0 Å². The van der Waals surface area contributed by atoms with Crippen LogP contribution in [0.3, 0.4) is 0 Å². The summed E-state index contributed by atoms with van der Waals surface area (Å²) in [5.41, 5.74) is 0.623. The first-order chi connectivity index (χ1) is 9.02. The van der Waals surface area contributed by atoms with Crippen LogP contribution in [0.2, 0.25) is 0 Å². The van der Waals surface area contributed by atoms with Crippen LogP contribution in [-0.4, -0.2) is 5.97 Å². The Kier molecular flexibility index (Phi) is 3.34. The van der Waals surface area contributed by atoms with Gasteiger partial charge in [0, 0.05) is 6.92 Å². The van der Waals surface area contributed by atoms with E-state index in [4.69, 9.17) is 14.4 Å². The van der Waals surface area contributed by atoms with Crippen molar-refractivity contribution in [2.24, 2.45) is 0 Å². The smallest absolute Gasteiger partial charge is 0.303 e. The number of carbonyl (C=O) groups excluding carboxylic acids is 1. The van der Waals surface area contributed by atoms with E-state index in [1.807, 2.05) is 0 Å². The van der Waals surface area contributed by atoms with Crippen LogP contribution in [0.25, 0.3) is 11.0 Å². The van der Waals surface area contributed by atoms with E-state index < -0.39 is 12.1 Å². The van der Waals surface area contributed by atoms with Crippen molar-refractivity contribution in [1.29, 1.82) is 5.26 Å². The number of rotatable bonds is 2. The minimum absolute atomic E-state index is 0.0511. The second-order valence-corrected chi connectivity index (χ2v) is 4.10. The summed E-state index contributed by atoms with van der Waals surface area (Å²) in [6.07, 6.45) is 0.673. The second-order valence-electron chi connectivity index (χ2n) is 4.10. The summed E-state index contributed by atoms with van der Waals surface area (Å²) < 4.78 is 10.2. The van der Waals surface area contributed by atoms with Gasteiger partial charge in [0.25, 0.3) is 0 Å². The van der Waals surface area contributed by atoms with Gasteiger partial charge < -0.3 is 9.15 Å². The van der Waals surface area contributed by atoms with E-state index in [1.54, 1.807) is 31.2 Å². The van der Waals surface area contributed by atoms with Gasteiger partial charge in [-0.1, -0.05) is 6.07 Å². The minimum atomic E-state index is -0.466. The Hall–Kier alpha value is -2.61. The van der Waals surface area contributed by atoms with Crippen molar-refractivity contribution in [3.8, 4) is 6.07 Å². The predicted molar refractivity (Wildman–Crippen MR) is 67.4 cm³/mol. The van der Waals surface area contributed by atoms with Crippen LogP contribution in [0.5, 0.6) is 0 Å². The third kappa shape index (κ3) is 2.47. The highest BCUT2D eigenvalue weighted by atomic mass is 16.5. The van der Waals surface area contributed by atoms with Crippen LogP contribution in [0.1, 0.15) is 31.1 Å². The molecule has 0 saturated heterocycles. The van der Waals surface area contributed by atoms with Gasteiger partial charge in [0.15, 0.2) is 0 Å². The molecule has 5 nitrogen and oxygen atoms in total. The first-order valence-corrected chi connectivity index (χ1v) is 5.65. The Morgan fingerprint density at radius 1 is 1.47 bits per heavy atom. The van der Waals surface area contributed by atoms with Crippen LogP contribution < -0.4 is 5.43 Å². The number of nitrogens with zero attached hydrogens (tertiary/aromatic N) is 1. The van der Waals surface area contributed by atoms with Crippen LogP contribution in [0.4, 0.5) is 0 Å². The highest BCUT2D eigenvalue weighted by Gasteiger charge is 2.12. The number of benzene rings is 1. The lowest BCUT2D eigenvalue weighted by atomic mass is 10.1. The summed E-state index contributed by atoms with van der Waals surface area (Å²) in [6, 6.07) is 6.69. The van der Waals surface area contributed by atoms with Gasteiger partial charge in [0.2, 0.25) is 5.43 Å². The molecule has 0 fully saturated rings. The van der Waals surface area contributed by atoms with E-state index in [2.05, 4.69) is 0 Å². The lowest BCUT2D eigenvalue weighted by Gasteiger charge is -2.12. The minimum Gasteiger partial charge on any atom is -0.463 e. The fourth-order valence-corrected chi connectivity index (χ4v) is 1.80. The maximum absolute atomic E-state index is 12.0. The zero-order valence-electron chi connectivity index (χ0n) is 10.5. The van der Waals surface area contributed by atoms with Gasteiger partial charge in [-0.3, -0.25) is 9.59 Å². The zero-order chi connectivity index (χ0) is 14.0. The second kappa shape index (κ2) is 4.94. The molecule has 1 aromatic carbocycles. The molecule has 0 bridgehead atoms. The molecule has 2 rings (SSSR count). The maximum Gasteiger partial charge on any atom is 0.303 e. The monoisotopic (exact) mass is 257 g/mol. The van der Waals surface area contributed by atoms with E-state index in [0.29, 0.717) is 16.5 Å². The molecule has 19 heavy (non-hydrogen) atoms. The van der Waals surface area contributed by atoms with Crippen LogP contribution in [0, 0.1) is 11.3 Å². The summed E-state index contributed by atoms with van der Waals surface area (Å²) in [5.74, 6) is -0.398. The molecule has 1 aromatic heterocycles. The number of fused-ring (bicyclic) bond motifs is 1. The Bertz CT molecular complexity index is 739. The number of ether oxygens (including phenoxy) is 1. The van der Waals surface area contributed by atoms with Gasteiger partial charge in [-0.05, 0) is 24.6 Å². The van der Waals surface area contributed by atoms with E-state index >= 15 is 0 Å². The predicted octanol–water partition coefficient (Wildman–Crippen LogP) is 2.29. The van der Waals surface area contributed by atoms with Crippen LogP contribution in [0.15, 0.2) is 33.7 Å². The third-order valence-electron chi connectivity index (χ3n) is 2.73. The van der Waals surface area contributed by atoms with Gasteiger partial charge in [-0.2, -0.15) is 5.26 Å². The molecule has 0 aliphatic heterocycles. The molecule has 0 aliphatic carbocycles. The average Bonchev–Trinajstić information content (AvgIpc) is 2.38. The highest BCUT2D eigenvalue weighted by molar-refractivity contribution is 5.78. The summed E-state index contributed by atoms with van der Waals surface area (Å²) in [5, 5.41) is 9.10. The van der Waals surface area contributed by atoms with Gasteiger partial charge >= 0.3 is 5.97 Å². The molecule has 5 heteroatoms. The van der Waals surface area contributed by atoms with Gasteiger partial charge in [-0.15, -0.1) is 0 Å². The molecule has 0 N–H and O–H groups in total. The molecule has 0 unspecified atom stereocenters. The summed E-state index contributed by atoms with van der Waals surface area (Å²) in [7, 11) is 0. The van der Waals surface area contributed by atoms with Crippen molar-refractivity contribution in [3.05, 3.63) is 45.8 Å². The zero-order valence-corrected chi connectivity index (χ0v) is 10.5. The normalized spacial score (nSPS) is 11.8. The third-order valence-corrected chi connectivity index (χ3v) is 2.73. The molecule has 96 valence electrons. The van der Waals surface area contributed by atoms with E-state index in [9.17, 15) is 9.59 Å². The number of esters is 1. The molecule has 0 spiro atoms. The molecule has 0 amide bonds. The molecule has 1 atom stereocenters. The standard InChI is InChI=1S/C14H11NO4/c1-8(19-9(2)16)10-3-4-13-12(5-10)14(17)11(6-15)7-18-13/h3-5,7-8H,1-2H3/t8-/m1/s1. The van der Waals surface area contributed by atoms with Gasteiger partial charge in [0.05, 0.1) is 5.39 Å². The molecule has 0 aliphatic rings. The quantitative estimate of drug-likeness (QED) is 0.771. The van der Waals surface area contributed by atoms with E-state index in [0.717, 1.165) is 6.26 Å². The molecular formula is C14H11NO4.